The molecule has 0 atom stereocenters. The summed E-state index contributed by atoms with van der Waals surface area (Å²) < 4.78 is 26.3. The van der Waals surface area contributed by atoms with E-state index in [0.717, 1.165) is 16.2 Å². The normalized spacial score (nSPS) is 11.9. The molecule has 2 rings (SSSR count). The highest BCUT2D eigenvalue weighted by Gasteiger charge is 2.24. The second-order valence-electron chi connectivity index (χ2n) is 3.92. The lowest BCUT2D eigenvalue weighted by Gasteiger charge is -2.15. The Morgan fingerprint density at radius 3 is 2.65 bits per heavy atom. The molecule has 0 aliphatic carbocycles. The van der Waals surface area contributed by atoms with Crippen molar-refractivity contribution in [3.8, 4) is 0 Å². The van der Waals surface area contributed by atoms with Crippen LogP contribution in [0.3, 0.4) is 0 Å². The molecule has 9 heteroatoms. The Balaban J connectivity index is 2.22. The minimum atomic E-state index is -3.70. The molecule has 0 radical (unpaired) electrons. The summed E-state index contributed by atoms with van der Waals surface area (Å²) in [5, 5.41) is 10.2. The molecule has 0 spiro atoms. The number of halogens is 1. The lowest BCUT2D eigenvalue weighted by atomic mass is 10.5. The van der Waals surface area contributed by atoms with E-state index in [9.17, 15) is 13.2 Å². The van der Waals surface area contributed by atoms with Gasteiger partial charge in [0.1, 0.15) is 4.88 Å². The molecule has 2 aromatic heterocycles. The van der Waals surface area contributed by atoms with Crippen molar-refractivity contribution >= 4 is 50.3 Å². The smallest absolute Gasteiger partial charge is 0.345 e. The van der Waals surface area contributed by atoms with Crippen molar-refractivity contribution < 1.29 is 18.3 Å². The zero-order chi connectivity index (χ0) is 14.9. The Bertz CT molecular complexity index is 734. The third-order valence-corrected chi connectivity index (χ3v) is 6.57. The van der Waals surface area contributed by atoms with Gasteiger partial charge in [-0.15, -0.1) is 22.7 Å². The monoisotopic (exact) mass is 351 g/mol. The minimum Gasteiger partial charge on any atom is -0.477 e. The molecule has 2 aromatic rings. The molecule has 0 saturated carbocycles. The van der Waals surface area contributed by atoms with E-state index in [2.05, 4.69) is 0 Å². The van der Waals surface area contributed by atoms with Gasteiger partial charge in [-0.3, -0.25) is 0 Å². The first-order valence-electron chi connectivity index (χ1n) is 5.33. The fraction of sp³-hybridized carbons (Fsp3) is 0.182. The molecule has 1 N–H and O–H groups in total. The minimum absolute atomic E-state index is 0.00357. The van der Waals surface area contributed by atoms with Crippen molar-refractivity contribution in [2.24, 2.45) is 0 Å². The number of carboxylic acids is 1. The van der Waals surface area contributed by atoms with E-state index >= 15 is 0 Å². The van der Waals surface area contributed by atoms with Crippen LogP contribution in [0.25, 0.3) is 0 Å². The highest BCUT2D eigenvalue weighted by Crippen LogP contribution is 2.26. The van der Waals surface area contributed by atoms with Crippen molar-refractivity contribution in [1.82, 2.24) is 4.31 Å². The fourth-order valence-electron chi connectivity index (χ4n) is 1.49. The van der Waals surface area contributed by atoms with Crippen LogP contribution in [0, 0.1) is 0 Å². The maximum atomic E-state index is 12.3. The molecule has 0 aliphatic heterocycles. The average Bonchev–Trinajstić information content (AvgIpc) is 2.98. The maximum Gasteiger partial charge on any atom is 0.345 e. The second-order valence-corrected chi connectivity index (χ2v) is 8.67. The van der Waals surface area contributed by atoms with Crippen LogP contribution in [0.1, 0.15) is 14.5 Å². The highest BCUT2D eigenvalue weighted by molar-refractivity contribution is 7.89. The molecule has 0 aromatic carbocycles. The molecule has 108 valence electrons. The molecule has 0 unspecified atom stereocenters. The molecule has 0 saturated heterocycles. The topological polar surface area (TPSA) is 74.7 Å². The number of nitrogens with zero attached hydrogens (tertiary/aromatic N) is 1. The number of carboxylic acid groups (broad SMARTS) is 1. The lowest BCUT2D eigenvalue weighted by Crippen LogP contribution is -2.25. The number of sulfonamides is 1. The van der Waals surface area contributed by atoms with Crippen molar-refractivity contribution in [1.29, 1.82) is 0 Å². The highest BCUT2D eigenvalue weighted by atomic mass is 35.5. The van der Waals surface area contributed by atoms with Gasteiger partial charge in [0.05, 0.1) is 9.23 Å². The largest absolute Gasteiger partial charge is 0.477 e. The van der Waals surface area contributed by atoms with Crippen LogP contribution in [0.5, 0.6) is 0 Å². The molecule has 20 heavy (non-hydrogen) atoms. The molecular weight excluding hydrogens is 342 g/mol. The summed E-state index contributed by atoms with van der Waals surface area (Å²) in [6.07, 6.45) is 0. The van der Waals surface area contributed by atoms with Crippen molar-refractivity contribution in [2.45, 2.75) is 11.4 Å². The fourth-order valence-corrected chi connectivity index (χ4v) is 4.96. The van der Waals surface area contributed by atoms with Crippen LogP contribution in [0.15, 0.2) is 28.5 Å². The van der Waals surface area contributed by atoms with Gasteiger partial charge in [-0.1, -0.05) is 11.6 Å². The van der Waals surface area contributed by atoms with E-state index < -0.39 is 16.0 Å². The van der Waals surface area contributed by atoms with Crippen LogP contribution in [-0.2, 0) is 16.6 Å². The third kappa shape index (κ3) is 3.21. The number of hydrogen-bond acceptors (Lipinski definition) is 5. The number of rotatable bonds is 5. The van der Waals surface area contributed by atoms with Gasteiger partial charge in [-0.2, -0.15) is 4.31 Å². The van der Waals surface area contributed by atoms with Crippen LogP contribution in [0.2, 0.25) is 4.34 Å². The summed E-state index contributed by atoms with van der Waals surface area (Å²) in [4.78, 5) is 11.6. The van der Waals surface area contributed by atoms with E-state index in [4.69, 9.17) is 16.7 Å². The quantitative estimate of drug-likeness (QED) is 0.898. The van der Waals surface area contributed by atoms with Gasteiger partial charge in [0.15, 0.2) is 0 Å². The predicted molar refractivity (Wildman–Crippen MR) is 79.3 cm³/mol. The van der Waals surface area contributed by atoms with Gasteiger partial charge in [-0.25, -0.2) is 13.2 Å². The zero-order valence-electron chi connectivity index (χ0n) is 10.2. The van der Waals surface area contributed by atoms with E-state index in [-0.39, 0.29) is 16.3 Å². The Morgan fingerprint density at radius 2 is 2.15 bits per heavy atom. The number of carbonyl (C=O) groups is 1. The van der Waals surface area contributed by atoms with Gasteiger partial charge in [0.25, 0.3) is 0 Å². The summed E-state index contributed by atoms with van der Waals surface area (Å²) in [5.74, 6) is -1.14. The Kier molecular flexibility index (Phi) is 4.50. The van der Waals surface area contributed by atoms with E-state index in [0.29, 0.717) is 4.34 Å². The summed E-state index contributed by atoms with van der Waals surface area (Å²) in [7, 11) is -2.25. The Labute approximate surface area is 129 Å². The first kappa shape index (κ1) is 15.5. The summed E-state index contributed by atoms with van der Waals surface area (Å²) in [5.41, 5.74) is 0. The summed E-state index contributed by atoms with van der Waals surface area (Å²) >= 11 is 7.99. The van der Waals surface area contributed by atoms with Crippen LogP contribution in [-0.4, -0.2) is 30.8 Å². The second kappa shape index (κ2) is 5.82. The molecule has 0 fully saturated rings. The van der Waals surface area contributed by atoms with Gasteiger partial charge in [-0.05, 0) is 18.2 Å². The first-order chi connectivity index (χ1) is 9.30. The maximum absolute atomic E-state index is 12.3. The predicted octanol–water partition coefficient (Wildman–Crippen LogP) is 2.98. The van der Waals surface area contributed by atoms with Gasteiger partial charge in [0.2, 0.25) is 10.0 Å². The van der Waals surface area contributed by atoms with Crippen LogP contribution >= 0.6 is 34.3 Å². The average molecular weight is 352 g/mol. The van der Waals surface area contributed by atoms with E-state index in [1.54, 1.807) is 12.1 Å². The molecule has 0 aliphatic rings. The molecule has 5 nitrogen and oxygen atoms in total. The lowest BCUT2D eigenvalue weighted by molar-refractivity contribution is 0.0702. The third-order valence-electron chi connectivity index (χ3n) is 2.50. The van der Waals surface area contributed by atoms with Gasteiger partial charge < -0.3 is 5.11 Å². The van der Waals surface area contributed by atoms with Crippen molar-refractivity contribution in [2.75, 3.05) is 7.05 Å². The van der Waals surface area contributed by atoms with Crippen LogP contribution in [0.4, 0.5) is 0 Å². The van der Waals surface area contributed by atoms with E-state index in [1.165, 1.54) is 34.1 Å². The van der Waals surface area contributed by atoms with Gasteiger partial charge >= 0.3 is 5.97 Å². The number of thiophene rings is 2. The number of aromatic carboxylic acids is 1. The van der Waals surface area contributed by atoms with Crippen molar-refractivity contribution in [3.63, 3.8) is 0 Å². The molecular formula is C11H10ClNO4S3. The molecule has 0 amide bonds. The summed E-state index contributed by atoms with van der Waals surface area (Å²) in [6, 6.07) is 4.63. The van der Waals surface area contributed by atoms with Crippen molar-refractivity contribution in [3.05, 3.63) is 37.7 Å². The first-order valence-corrected chi connectivity index (χ1v) is 8.84. The molecule has 0 bridgehead atoms. The molecule has 2 heterocycles. The van der Waals surface area contributed by atoms with Gasteiger partial charge in [0, 0.05) is 23.8 Å². The Hall–Kier alpha value is -0.930. The van der Waals surface area contributed by atoms with E-state index in [1.807, 2.05) is 0 Å². The summed E-state index contributed by atoms with van der Waals surface area (Å²) in [6.45, 7) is 0.192. The SMILES string of the molecule is CN(Cc1ccc(Cl)s1)S(=O)(=O)c1csc(C(=O)O)c1. The standard InChI is InChI=1S/C11H10ClNO4S3/c1-13(5-7-2-3-10(12)19-7)20(16,17)8-4-9(11(14)15)18-6-8/h2-4,6H,5H2,1H3,(H,14,15). The Morgan fingerprint density at radius 1 is 1.45 bits per heavy atom. The number of hydrogen-bond donors (Lipinski definition) is 1. The van der Waals surface area contributed by atoms with Crippen LogP contribution < -0.4 is 0 Å². The zero-order valence-corrected chi connectivity index (χ0v) is 13.4.